The van der Waals surface area contributed by atoms with E-state index in [2.05, 4.69) is 0 Å². The first-order valence-corrected chi connectivity index (χ1v) is 7.91. The zero-order valence-corrected chi connectivity index (χ0v) is 12.5. The molecule has 0 saturated heterocycles. The van der Waals surface area contributed by atoms with Crippen LogP contribution in [0, 0.1) is 0 Å². The molecule has 0 aromatic carbocycles. The van der Waals surface area contributed by atoms with E-state index in [1.807, 2.05) is 27.7 Å². The third-order valence-electron chi connectivity index (χ3n) is 1.50. The molecule has 0 aromatic rings. The minimum atomic E-state index is -0.425. The van der Waals surface area contributed by atoms with Crippen molar-refractivity contribution >= 4 is 25.5 Å². The van der Waals surface area contributed by atoms with Crippen molar-refractivity contribution < 1.29 is 14.1 Å². The van der Waals surface area contributed by atoms with E-state index in [1.54, 1.807) is 23.3 Å². The molecule has 0 heterocycles. The van der Waals surface area contributed by atoms with Crippen molar-refractivity contribution in [3.63, 3.8) is 0 Å². The summed E-state index contributed by atoms with van der Waals surface area (Å²) < 4.78 is 10.4. The molecule has 0 bridgehead atoms. The quantitative estimate of drug-likeness (QED) is 0.547. The first kappa shape index (κ1) is 16.0. The summed E-state index contributed by atoms with van der Waals surface area (Å²) in [5.41, 5.74) is -0.425. The second-order valence-corrected chi connectivity index (χ2v) is 6.78. The number of ether oxygens (including phenoxy) is 1. The third kappa shape index (κ3) is 9.25. The summed E-state index contributed by atoms with van der Waals surface area (Å²) in [7, 11) is 2.20. The van der Waals surface area contributed by atoms with E-state index in [0.29, 0.717) is 14.6 Å². The maximum Gasteiger partial charge on any atom is 0.410 e. The highest BCUT2D eigenvalue weighted by atomic mass is 32.7. The fourth-order valence-electron chi connectivity index (χ4n) is 0.756. The molecule has 1 atom stereocenters. The summed E-state index contributed by atoms with van der Waals surface area (Å²) in [5, 5.41) is 0. The molecule has 96 valence electrons. The summed E-state index contributed by atoms with van der Waals surface area (Å²) in [6.45, 7) is 8.99. The summed E-state index contributed by atoms with van der Waals surface area (Å²) in [4.78, 5) is 13.1. The van der Waals surface area contributed by atoms with Crippen LogP contribution in [0.2, 0.25) is 0 Å². The monoisotopic (exact) mass is 267 g/mol. The number of rotatable bonds is 6. The molecule has 0 spiro atoms. The molecular formula is C10H22NO3PS. The van der Waals surface area contributed by atoms with E-state index in [-0.39, 0.29) is 6.09 Å². The summed E-state index contributed by atoms with van der Waals surface area (Å²) in [5.74, 6) is 0.869. The fraction of sp³-hybridized carbons (Fsp3) is 0.900. The molecule has 16 heavy (non-hydrogen) atoms. The van der Waals surface area contributed by atoms with E-state index in [1.165, 1.54) is 0 Å². The van der Waals surface area contributed by atoms with E-state index in [9.17, 15) is 4.79 Å². The molecule has 0 radical (unpaired) electrons. The highest BCUT2D eigenvalue weighted by molar-refractivity contribution is 8.48. The molecule has 0 fully saturated rings. The Hall–Kier alpha value is 0.0100. The number of hydrogen-bond donors (Lipinski definition) is 0. The lowest BCUT2D eigenvalue weighted by molar-refractivity contribution is 0.0309. The lowest BCUT2D eigenvalue weighted by Crippen LogP contribution is -2.35. The first-order valence-electron chi connectivity index (χ1n) is 5.29. The van der Waals surface area contributed by atoms with Crippen LogP contribution in [0.5, 0.6) is 0 Å². The van der Waals surface area contributed by atoms with Gasteiger partial charge in [-0.3, -0.25) is 0 Å². The van der Waals surface area contributed by atoms with Crippen molar-refractivity contribution in [2.24, 2.45) is 0 Å². The van der Waals surface area contributed by atoms with Gasteiger partial charge in [-0.2, -0.15) is 0 Å². The molecule has 0 rings (SSSR count). The molecule has 0 N–H and O–H groups in total. The van der Waals surface area contributed by atoms with Gasteiger partial charge in [-0.15, -0.1) is 11.4 Å². The van der Waals surface area contributed by atoms with Crippen LogP contribution in [0.4, 0.5) is 4.79 Å². The van der Waals surface area contributed by atoms with Gasteiger partial charge in [-0.05, 0) is 27.7 Å². The SMILES string of the molecule is CCOPSCCN(C)C(=O)OC(C)(C)C. The van der Waals surface area contributed by atoms with Crippen LogP contribution in [-0.2, 0) is 9.26 Å². The van der Waals surface area contributed by atoms with E-state index in [4.69, 9.17) is 9.26 Å². The van der Waals surface area contributed by atoms with Gasteiger partial charge in [0.2, 0.25) is 0 Å². The minimum Gasteiger partial charge on any atom is -0.444 e. The Bertz CT molecular complexity index is 209. The van der Waals surface area contributed by atoms with E-state index in [0.717, 1.165) is 12.4 Å². The van der Waals surface area contributed by atoms with Gasteiger partial charge in [-0.25, -0.2) is 4.79 Å². The number of carbonyl (C=O) groups is 1. The maximum absolute atomic E-state index is 11.5. The van der Waals surface area contributed by atoms with Crippen LogP contribution in [0.15, 0.2) is 0 Å². The molecule has 1 amide bonds. The minimum absolute atomic E-state index is 0.271. The molecule has 4 nitrogen and oxygen atoms in total. The zero-order valence-electron chi connectivity index (χ0n) is 10.7. The molecule has 6 heteroatoms. The van der Waals surface area contributed by atoms with Crippen LogP contribution in [-0.4, -0.2) is 42.5 Å². The van der Waals surface area contributed by atoms with Gasteiger partial charge in [0.05, 0.1) is 8.01 Å². The second-order valence-electron chi connectivity index (χ2n) is 4.27. The highest BCUT2D eigenvalue weighted by Gasteiger charge is 2.18. The third-order valence-corrected chi connectivity index (χ3v) is 3.73. The van der Waals surface area contributed by atoms with Gasteiger partial charge in [0.15, 0.2) is 0 Å². The first-order chi connectivity index (χ1) is 7.37. The predicted octanol–water partition coefficient (Wildman–Crippen LogP) is 3.13. The summed E-state index contributed by atoms with van der Waals surface area (Å²) in [6, 6.07) is 0. The Morgan fingerprint density at radius 1 is 1.44 bits per heavy atom. The van der Waals surface area contributed by atoms with E-state index >= 15 is 0 Å². The Labute approximate surface area is 104 Å². The van der Waals surface area contributed by atoms with E-state index < -0.39 is 5.60 Å². The largest absolute Gasteiger partial charge is 0.444 e. The smallest absolute Gasteiger partial charge is 0.410 e. The summed E-state index contributed by atoms with van der Waals surface area (Å²) >= 11 is 1.70. The van der Waals surface area contributed by atoms with Crippen LogP contribution in [0.25, 0.3) is 0 Å². The van der Waals surface area contributed by atoms with Crippen LogP contribution >= 0.6 is 19.4 Å². The van der Waals surface area contributed by atoms with Crippen LogP contribution in [0.1, 0.15) is 27.7 Å². The van der Waals surface area contributed by atoms with Crippen molar-refractivity contribution in [2.45, 2.75) is 33.3 Å². The lowest BCUT2D eigenvalue weighted by atomic mass is 10.2. The van der Waals surface area contributed by atoms with Crippen molar-refractivity contribution in [3.05, 3.63) is 0 Å². The van der Waals surface area contributed by atoms with Gasteiger partial charge in [-0.1, -0.05) is 0 Å². The van der Waals surface area contributed by atoms with Crippen molar-refractivity contribution in [3.8, 4) is 0 Å². The number of hydrogen-bond acceptors (Lipinski definition) is 4. The molecule has 0 aliphatic rings. The predicted molar refractivity (Wildman–Crippen MR) is 71.3 cm³/mol. The Balaban J connectivity index is 3.64. The second kappa shape index (κ2) is 8.15. The average Bonchev–Trinajstić information content (AvgIpc) is 2.14. The van der Waals surface area contributed by atoms with Crippen LogP contribution in [0.3, 0.4) is 0 Å². The normalized spacial score (nSPS) is 12.1. The van der Waals surface area contributed by atoms with Crippen molar-refractivity contribution in [2.75, 3.05) is 26.0 Å². The molecule has 1 unspecified atom stereocenters. The summed E-state index contributed by atoms with van der Waals surface area (Å²) in [6.07, 6.45) is -0.271. The maximum atomic E-state index is 11.5. The Morgan fingerprint density at radius 2 is 2.06 bits per heavy atom. The van der Waals surface area contributed by atoms with Gasteiger partial charge in [0.25, 0.3) is 0 Å². The standard InChI is InChI=1S/C10H22NO3PS/c1-6-13-15-16-8-7-11(5)9(12)14-10(2,3)4/h15H,6-8H2,1-5H3. The topological polar surface area (TPSA) is 38.8 Å². The fourth-order valence-corrected chi connectivity index (χ4v) is 2.53. The average molecular weight is 267 g/mol. The van der Waals surface area contributed by atoms with Gasteiger partial charge in [0.1, 0.15) is 5.60 Å². The van der Waals surface area contributed by atoms with Gasteiger partial charge < -0.3 is 14.2 Å². The molecule has 0 aliphatic heterocycles. The van der Waals surface area contributed by atoms with Gasteiger partial charge in [0, 0.05) is 26.0 Å². The van der Waals surface area contributed by atoms with Crippen LogP contribution < -0.4 is 0 Å². The molecule has 0 aliphatic carbocycles. The van der Waals surface area contributed by atoms with Crippen molar-refractivity contribution in [1.82, 2.24) is 4.90 Å². The number of nitrogens with zero attached hydrogens (tertiary/aromatic N) is 1. The Morgan fingerprint density at radius 3 is 2.56 bits per heavy atom. The molecule has 0 saturated carbocycles. The number of carbonyl (C=O) groups excluding carboxylic acids is 1. The van der Waals surface area contributed by atoms with Crippen molar-refractivity contribution in [1.29, 1.82) is 0 Å². The Kier molecular flexibility index (Phi) is 8.16. The highest BCUT2D eigenvalue weighted by Crippen LogP contribution is 2.29. The van der Waals surface area contributed by atoms with Gasteiger partial charge >= 0.3 is 6.09 Å². The molecule has 0 aromatic heterocycles. The lowest BCUT2D eigenvalue weighted by Gasteiger charge is -2.24. The number of amides is 1. The molecular weight excluding hydrogens is 245 g/mol. The zero-order chi connectivity index (χ0) is 12.6.